The lowest BCUT2D eigenvalue weighted by molar-refractivity contribution is 0.0601. The molecule has 2 aromatic rings. The van der Waals surface area contributed by atoms with E-state index in [1.165, 1.54) is 29.8 Å². The Hall–Kier alpha value is -1.66. The molecule has 0 atom stereocenters. The summed E-state index contributed by atoms with van der Waals surface area (Å²) >= 11 is 2.77. The Bertz CT molecular complexity index is 670. The highest BCUT2D eigenvalue weighted by molar-refractivity contribution is 7.17. The molecule has 0 fully saturated rings. The number of esters is 1. The Kier molecular flexibility index (Phi) is 4.25. The Morgan fingerprint density at radius 1 is 1.25 bits per heavy atom. The second-order valence-electron chi connectivity index (χ2n) is 4.37. The van der Waals surface area contributed by atoms with Crippen LogP contribution >= 0.6 is 22.7 Å². The van der Waals surface area contributed by atoms with Crippen LogP contribution in [0.1, 0.15) is 36.0 Å². The van der Waals surface area contributed by atoms with Crippen molar-refractivity contribution in [3.05, 3.63) is 37.9 Å². The van der Waals surface area contributed by atoms with Gasteiger partial charge < -0.3 is 10.1 Å². The van der Waals surface area contributed by atoms with Gasteiger partial charge in [0.25, 0.3) is 5.91 Å². The molecule has 2 heterocycles. The molecule has 0 aliphatic heterocycles. The first-order valence-corrected chi connectivity index (χ1v) is 7.69. The minimum Gasteiger partial charge on any atom is -0.465 e. The first kappa shape index (κ1) is 14.7. The van der Waals surface area contributed by atoms with Gasteiger partial charge in [-0.05, 0) is 43.3 Å². The third-order valence-corrected chi connectivity index (χ3v) is 5.21. The molecule has 6 heteroatoms. The van der Waals surface area contributed by atoms with E-state index in [1.807, 2.05) is 32.2 Å². The van der Waals surface area contributed by atoms with Gasteiger partial charge in [0.05, 0.1) is 17.6 Å². The van der Waals surface area contributed by atoms with E-state index in [0.29, 0.717) is 15.4 Å². The topological polar surface area (TPSA) is 55.4 Å². The van der Waals surface area contributed by atoms with Crippen LogP contribution in [0, 0.1) is 20.8 Å². The second-order valence-corrected chi connectivity index (χ2v) is 6.51. The number of thiophene rings is 2. The highest BCUT2D eigenvalue weighted by Crippen LogP contribution is 2.33. The number of methoxy groups -OCH3 is 1. The quantitative estimate of drug-likeness (QED) is 0.878. The van der Waals surface area contributed by atoms with Crippen molar-refractivity contribution in [3.8, 4) is 0 Å². The van der Waals surface area contributed by atoms with E-state index in [1.54, 1.807) is 0 Å². The zero-order valence-electron chi connectivity index (χ0n) is 11.7. The summed E-state index contributed by atoms with van der Waals surface area (Å²) in [7, 11) is 1.34. The molecule has 0 bridgehead atoms. The highest BCUT2D eigenvalue weighted by Gasteiger charge is 2.22. The van der Waals surface area contributed by atoms with Crippen molar-refractivity contribution in [2.24, 2.45) is 0 Å². The number of ether oxygens (including phenoxy) is 1. The van der Waals surface area contributed by atoms with Gasteiger partial charge in [-0.25, -0.2) is 4.79 Å². The Morgan fingerprint density at radius 3 is 2.50 bits per heavy atom. The minimum absolute atomic E-state index is 0.191. The van der Waals surface area contributed by atoms with Gasteiger partial charge in [0, 0.05) is 4.88 Å². The number of aryl methyl sites for hydroxylation is 2. The SMILES string of the molecule is COC(=O)c1c(NC(=O)c2sccc2C)sc(C)c1C. The maximum absolute atomic E-state index is 12.2. The summed E-state index contributed by atoms with van der Waals surface area (Å²) in [5.41, 5.74) is 2.22. The lowest BCUT2D eigenvalue weighted by Gasteiger charge is -2.05. The van der Waals surface area contributed by atoms with Gasteiger partial charge in [0.15, 0.2) is 0 Å². The molecule has 0 saturated heterocycles. The number of nitrogens with one attached hydrogen (secondary N) is 1. The zero-order valence-corrected chi connectivity index (χ0v) is 13.3. The fourth-order valence-corrected chi connectivity index (χ4v) is 3.69. The van der Waals surface area contributed by atoms with E-state index in [2.05, 4.69) is 5.32 Å². The zero-order chi connectivity index (χ0) is 14.9. The average molecular weight is 309 g/mol. The monoisotopic (exact) mass is 309 g/mol. The minimum atomic E-state index is -0.426. The van der Waals surface area contributed by atoms with Crippen LogP contribution in [0.5, 0.6) is 0 Å². The van der Waals surface area contributed by atoms with Crippen LogP contribution in [0.2, 0.25) is 0 Å². The second kappa shape index (κ2) is 5.76. The molecule has 1 amide bonds. The van der Waals surface area contributed by atoms with Gasteiger partial charge in [0.2, 0.25) is 0 Å². The molecular weight excluding hydrogens is 294 g/mol. The molecule has 4 nitrogen and oxygen atoms in total. The summed E-state index contributed by atoms with van der Waals surface area (Å²) in [4.78, 5) is 25.7. The molecule has 2 rings (SSSR count). The number of amides is 1. The molecule has 0 aliphatic rings. The van der Waals surface area contributed by atoms with Crippen molar-refractivity contribution in [1.29, 1.82) is 0 Å². The molecule has 106 valence electrons. The first-order chi connectivity index (χ1) is 9.45. The van der Waals surface area contributed by atoms with E-state index >= 15 is 0 Å². The number of hydrogen-bond acceptors (Lipinski definition) is 5. The third kappa shape index (κ3) is 2.62. The van der Waals surface area contributed by atoms with Gasteiger partial charge in [-0.3, -0.25) is 4.79 Å². The standard InChI is InChI=1S/C14H15NO3S2/c1-7-5-6-19-11(7)12(16)15-13-10(14(17)18-4)8(2)9(3)20-13/h5-6H,1-4H3,(H,15,16). The van der Waals surface area contributed by atoms with Crippen LogP contribution in [0.15, 0.2) is 11.4 Å². The van der Waals surface area contributed by atoms with E-state index in [9.17, 15) is 9.59 Å². The molecule has 2 aromatic heterocycles. The van der Waals surface area contributed by atoms with E-state index in [-0.39, 0.29) is 5.91 Å². The fraction of sp³-hybridized carbons (Fsp3) is 0.286. The van der Waals surface area contributed by atoms with Crippen LogP contribution < -0.4 is 5.32 Å². The van der Waals surface area contributed by atoms with Crippen molar-refractivity contribution in [2.75, 3.05) is 12.4 Å². The van der Waals surface area contributed by atoms with Crippen molar-refractivity contribution in [1.82, 2.24) is 0 Å². The van der Waals surface area contributed by atoms with Crippen LogP contribution in [0.25, 0.3) is 0 Å². The summed E-state index contributed by atoms with van der Waals surface area (Å²) in [5, 5.41) is 5.24. The molecule has 0 saturated carbocycles. The van der Waals surface area contributed by atoms with Crippen LogP contribution in [0.3, 0.4) is 0 Å². The summed E-state index contributed by atoms with van der Waals surface area (Å²) in [5.74, 6) is -0.617. The molecule has 1 N–H and O–H groups in total. The van der Waals surface area contributed by atoms with E-state index in [4.69, 9.17) is 4.74 Å². The summed E-state index contributed by atoms with van der Waals surface area (Å²) in [6.07, 6.45) is 0. The molecular formula is C14H15NO3S2. The lowest BCUT2D eigenvalue weighted by Crippen LogP contribution is -2.13. The van der Waals surface area contributed by atoms with Gasteiger partial charge in [-0.2, -0.15) is 0 Å². The number of hydrogen-bond donors (Lipinski definition) is 1. The Balaban J connectivity index is 2.35. The first-order valence-electron chi connectivity index (χ1n) is 5.99. The molecule has 0 spiro atoms. The number of carbonyl (C=O) groups is 2. The number of carbonyl (C=O) groups excluding carboxylic acids is 2. The lowest BCUT2D eigenvalue weighted by atomic mass is 10.1. The van der Waals surface area contributed by atoms with Crippen molar-refractivity contribution in [3.63, 3.8) is 0 Å². The summed E-state index contributed by atoms with van der Waals surface area (Å²) < 4.78 is 4.79. The maximum atomic E-state index is 12.2. The van der Waals surface area contributed by atoms with Gasteiger partial charge in [0.1, 0.15) is 5.00 Å². The van der Waals surface area contributed by atoms with Gasteiger partial charge in [-0.15, -0.1) is 22.7 Å². The molecule has 20 heavy (non-hydrogen) atoms. The summed E-state index contributed by atoms with van der Waals surface area (Å²) in [6.45, 7) is 5.65. The maximum Gasteiger partial charge on any atom is 0.341 e. The predicted molar refractivity (Wildman–Crippen MR) is 82.1 cm³/mol. The fourth-order valence-electron chi connectivity index (χ4n) is 1.83. The molecule has 0 unspecified atom stereocenters. The number of anilines is 1. The van der Waals surface area contributed by atoms with Gasteiger partial charge in [-0.1, -0.05) is 0 Å². The van der Waals surface area contributed by atoms with Crippen LogP contribution in [-0.4, -0.2) is 19.0 Å². The third-order valence-electron chi connectivity index (χ3n) is 3.07. The normalized spacial score (nSPS) is 10.4. The van der Waals surface area contributed by atoms with E-state index in [0.717, 1.165) is 16.0 Å². The highest BCUT2D eigenvalue weighted by atomic mass is 32.1. The largest absolute Gasteiger partial charge is 0.465 e. The predicted octanol–water partition coefficient (Wildman–Crippen LogP) is 3.77. The van der Waals surface area contributed by atoms with Crippen LogP contribution in [0.4, 0.5) is 5.00 Å². The van der Waals surface area contributed by atoms with Crippen molar-refractivity contribution < 1.29 is 14.3 Å². The van der Waals surface area contributed by atoms with Crippen molar-refractivity contribution in [2.45, 2.75) is 20.8 Å². The Morgan fingerprint density at radius 2 is 1.95 bits per heavy atom. The van der Waals surface area contributed by atoms with Crippen molar-refractivity contribution >= 4 is 39.6 Å². The van der Waals surface area contributed by atoms with E-state index < -0.39 is 5.97 Å². The average Bonchev–Trinajstić information content (AvgIpc) is 2.94. The Labute approximate surface area is 125 Å². The summed E-state index contributed by atoms with van der Waals surface area (Å²) in [6, 6.07) is 1.89. The number of rotatable bonds is 3. The molecule has 0 radical (unpaired) electrons. The molecule has 0 aromatic carbocycles. The molecule has 0 aliphatic carbocycles. The van der Waals surface area contributed by atoms with Gasteiger partial charge >= 0.3 is 5.97 Å². The smallest absolute Gasteiger partial charge is 0.341 e. The van der Waals surface area contributed by atoms with Crippen LogP contribution in [-0.2, 0) is 4.74 Å².